The van der Waals surface area contributed by atoms with E-state index in [0.717, 1.165) is 0 Å². The van der Waals surface area contributed by atoms with Crippen molar-refractivity contribution in [1.29, 1.82) is 0 Å². The average molecular weight is 829 g/mol. The normalized spacial score (nSPS) is 24.9. The summed E-state index contributed by atoms with van der Waals surface area (Å²) in [5.41, 5.74) is 13.7. The van der Waals surface area contributed by atoms with E-state index < -0.39 is 0 Å². The van der Waals surface area contributed by atoms with Crippen molar-refractivity contribution >= 4 is 65.8 Å². The SMILES string of the molecule is CC12CCCCC1(C)N(c1cccc3ccccc13)c1ccc(-c3c4ccccc4c(-c4ccc5c(c4)C4(C)CCCCC4(C)N5c4cccc5ccccc45)c4ccccc34)cc12. The van der Waals surface area contributed by atoms with Crippen LogP contribution >= 0.6 is 0 Å². The van der Waals surface area contributed by atoms with Crippen LogP contribution < -0.4 is 9.80 Å². The first-order valence-corrected chi connectivity index (χ1v) is 24.0. The Morgan fingerprint density at radius 1 is 0.328 bits per heavy atom. The Morgan fingerprint density at radius 2 is 0.672 bits per heavy atom. The highest BCUT2D eigenvalue weighted by molar-refractivity contribution is 6.21. The van der Waals surface area contributed by atoms with Crippen molar-refractivity contribution in [2.45, 2.75) is 101 Å². The van der Waals surface area contributed by atoms with Gasteiger partial charge in [0.1, 0.15) is 0 Å². The van der Waals surface area contributed by atoms with Crippen LogP contribution in [-0.2, 0) is 10.8 Å². The molecule has 2 aliphatic heterocycles. The summed E-state index contributed by atoms with van der Waals surface area (Å²) in [7, 11) is 0. The van der Waals surface area contributed by atoms with Gasteiger partial charge >= 0.3 is 0 Å². The third-order valence-corrected chi connectivity index (χ3v) is 17.7. The molecule has 2 nitrogen and oxygen atoms in total. The summed E-state index contributed by atoms with van der Waals surface area (Å²) >= 11 is 0. The maximum atomic E-state index is 2.75. The lowest BCUT2D eigenvalue weighted by Crippen LogP contribution is -2.54. The predicted octanol–water partition coefficient (Wildman–Crippen LogP) is 17.1. The fourth-order valence-corrected chi connectivity index (χ4v) is 14.1. The summed E-state index contributed by atoms with van der Waals surface area (Å²) in [5, 5.41) is 10.6. The maximum absolute atomic E-state index is 2.75. The number of benzene rings is 9. The van der Waals surface area contributed by atoms with E-state index in [2.05, 4.69) is 207 Å². The molecule has 64 heavy (non-hydrogen) atoms. The number of hydrogen-bond acceptors (Lipinski definition) is 2. The summed E-state index contributed by atoms with van der Waals surface area (Å²) in [5.74, 6) is 0. The van der Waals surface area contributed by atoms with Gasteiger partial charge in [-0.2, -0.15) is 0 Å². The fourth-order valence-electron chi connectivity index (χ4n) is 14.1. The quantitative estimate of drug-likeness (QED) is 0.163. The van der Waals surface area contributed by atoms with E-state index >= 15 is 0 Å². The Bertz CT molecular complexity index is 3110. The van der Waals surface area contributed by atoms with E-state index in [1.54, 1.807) is 0 Å². The van der Waals surface area contributed by atoms with E-state index in [1.165, 1.54) is 151 Å². The van der Waals surface area contributed by atoms with Gasteiger partial charge in [0.2, 0.25) is 0 Å². The summed E-state index contributed by atoms with van der Waals surface area (Å²) in [6.07, 6.45) is 9.77. The standard InChI is InChI=1S/C62H56N2/c1-59-35-13-15-37-61(59,3)63(53-29-17-21-41-19-5-7-23-45(41)53)55-33-31-43(39-51(55)59)57-47-25-9-11-27-49(47)58(50-28-12-10-26-48(50)57)44-32-34-56-52(40-44)60(2)36-14-16-38-62(60,4)64(56)54-30-18-22-42-20-6-8-24-46(42)54/h5-12,17-34,39-40H,13-16,35-38H2,1-4H3. The second-order valence-corrected chi connectivity index (χ2v) is 20.6. The van der Waals surface area contributed by atoms with Crippen molar-refractivity contribution in [3.8, 4) is 22.3 Å². The molecular weight excluding hydrogens is 773 g/mol. The Balaban J connectivity index is 1.01. The minimum atomic E-state index is -0.0356. The molecular formula is C62H56N2. The monoisotopic (exact) mass is 828 g/mol. The van der Waals surface area contributed by atoms with Crippen molar-refractivity contribution in [3.05, 3.63) is 181 Å². The third kappa shape index (κ3) is 4.92. The molecule has 4 unspecified atom stereocenters. The molecule has 0 aromatic heterocycles. The van der Waals surface area contributed by atoms with Crippen molar-refractivity contribution in [3.63, 3.8) is 0 Å². The van der Waals surface area contributed by atoms with Gasteiger partial charge in [0, 0.05) is 44.4 Å². The summed E-state index contributed by atoms with van der Waals surface area (Å²) in [6.45, 7) is 10.3. The molecule has 9 aromatic carbocycles. The van der Waals surface area contributed by atoms with Gasteiger partial charge < -0.3 is 9.80 Å². The van der Waals surface area contributed by atoms with Crippen LogP contribution in [0.15, 0.2) is 170 Å². The molecule has 0 bridgehead atoms. The van der Waals surface area contributed by atoms with Crippen LogP contribution in [0.1, 0.15) is 90.2 Å². The molecule has 2 fully saturated rings. The molecule has 314 valence electrons. The number of nitrogens with zero attached hydrogens (tertiary/aromatic N) is 2. The molecule has 4 aliphatic rings. The highest BCUT2D eigenvalue weighted by atomic mass is 15.3. The predicted molar refractivity (Wildman–Crippen MR) is 273 cm³/mol. The first-order chi connectivity index (χ1) is 31.2. The molecule has 2 heteroatoms. The van der Waals surface area contributed by atoms with Crippen molar-refractivity contribution in [2.24, 2.45) is 0 Å². The number of hydrogen-bond donors (Lipinski definition) is 0. The van der Waals surface area contributed by atoms with Gasteiger partial charge in [0.15, 0.2) is 0 Å². The summed E-state index contributed by atoms with van der Waals surface area (Å²) in [4.78, 5) is 5.50. The van der Waals surface area contributed by atoms with Crippen LogP contribution in [0.25, 0.3) is 65.3 Å². The lowest BCUT2D eigenvalue weighted by Gasteiger charge is -2.50. The van der Waals surface area contributed by atoms with E-state index in [0.29, 0.717) is 0 Å². The van der Waals surface area contributed by atoms with Gasteiger partial charge in [-0.25, -0.2) is 0 Å². The van der Waals surface area contributed by atoms with Crippen molar-refractivity contribution < 1.29 is 0 Å². The van der Waals surface area contributed by atoms with Crippen LogP contribution in [0, 0.1) is 0 Å². The summed E-state index contributed by atoms with van der Waals surface area (Å²) in [6, 6.07) is 65.2. The average Bonchev–Trinajstić information content (AvgIpc) is 3.67. The zero-order valence-electron chi connectivity index (χ0n) is 37.7. The van der Waals surface area contributed by atoms with Crippen molar-refractivity contribution in [1.82, 2.24) is 0 Å². The zero-order chi connectivity index (χ0) is 43.0. The van der Waals surface area contributed by atoms with Gasteiger partial charge in [-0.05, 0) is 142 Å². The zero-order valence-corrected chi connectivity index (χ0v) is 37.7. The molecule has 0 amide bonds. The molecule has 9 aromatic rings. The highest BCUT2D eigenvalue weighted by Gasteiger charge is 2.59. The number of rotatable bonds is 4. The van der Waals surface area contributed by atoms with E-state index in [-0.39, 0.29) is 21.9 Å². The van der Waals surface area contributed by atoms with Gasteiger partial charge in [-0.15, -0.1) is 0 Å². The Labute approximate surface area is 378 Å². The van der Waals surface area contributed by atoms with Crippen LogP contribution in [0.3, 0.4) is 0 Å². The van der Waals surface area contributed by atoms with E-state index in [9.17, 15) is 0 Å². The molecule has 4 atom stereocenters. The fraction of sp³-hybridized carbons (Fsp3) is 0.258. The van der Waals surface area contributed by atoms with Gasteiger partial charge in [-0.1, -0.05) is 173 Å². The van der Waals surface area contributed by atoms with Gasteiger partial charge in [-0.3, -0.25) is 0 Å². The third-order valence-electron chi connectivity index (χ3n) is 17.7. The smallest absolute Gasteiger partial charge is 0.0518 e. The molecule has 0 saturated heterocycles. The minimum absolute atomic E-state index is 0.00709. The Kier molecular flexibility index (Phi) is 8.08. The van der Waals surface area contributed by atoms with Crippen LogP contribution in [0.5, 0.6) is 0 Å². The number of anilines is 4. The number of fused-ring (bicyclic) bond motifs is 10. The lowest BCUT2D eigenvalue weighted by atomic mass is 9.61. The molecule has 13 rings (SSSR count). The van der Waals surface area contributed by atoms with Gasteiger partial charge in [0.25, 0.3) is 0 Å². The Morgan fingerprint density at radius 3 is 1.08 bits per heavy atom. The Hall–Kier alpha value is -6.38. The molecule has 2 saturated carbocycles. The first-order valence-electron chi connectivity index (χ1n) is 24.0. The maximum Gasteiger partial charge on any atom is 0.0518 e. The molecule has 0 spiro atoms. The second kappa shape index (κ2) is 13.6. The largest absolute Gasteiger partial charge is 0.334 e. The topological polar surface area (TPSA) is 6.48 Å². The molecule has 2 heterocycles. The minimum Gasteiger partial charge on any atom is -0.334 e. The van der Waals surface area contributed by atoms with E-state index in [1.807, 2.05) is 0 Å². The van der Waals surface area contributed by atoms with Crippen LogP contribution in [0.4, 0.5) is 22.7 Å². The van der Waals surface area contributed by atoms with Gasteiger partial charge in [0.05, 0.1) is 11.1 Å². The van der Waals surface area contributed by atoms with E-state index in [4.69, 9.17) is 0 Å². The molecule has 0 radical (unpaired) electrons. The van der Waals surface area contributed by atoms with Crippen molar-refractivity contribution in [2.75, 3.05) is 9.80 Å². The molecule has 0 N–H and O–H groups in total. The second-order valence-electron chi connectivity index (χ2n) is 20.6. The summed E-state index contributed by atoms with van der Waals surface area (Å²) < 4.78 is 0. The highest BCUT2D eigenvalue weighted by Crippen LogP contribution is 2.64. The molecule has 2 aliphatic carbocycles. The van der Waals surface area contributed by atoms with Crippen LogP contribution in [0.2, 0.25) is 0 Å². The van der Waals surface area contributed by atoms with Crippen LogP contribution in [-0.4, -0.2) is 11.1 Å². The lowest BCUT2D eigenvalue weighted by molar-refractivity contribution is 0.195. The first kappa shape index (κ1) is 38.1.